The van der Waals surface area contributed by atoms with Crippen LogP contribution in [0.4, 0.5) is 0 Å². The molecule has 0 saturated carbocycles. The SMILES string of the molecule is CC(N[O-])=C(C)[N+]([O-])=[Co]. The molecule has 55 valence electrons. The molecule has 0 rings (SSSR count). The van der Waals surface area contributed by atoms with Gasteiger partial charge in [0.05, 0.1) is 0 Å². The molecular weight excluding hydrogens is 167 g/mol. The summed E-state index contributed by atoms with van der Waals surface area (Å²) in [6.45, 7) is 3.00. The summed E-state index contributed by atoms with van der Waals surface area (Å²) in [5, 5.41) is 20.2. The normalized spacial score (nSPS) is 12.6. The Hall–Kier alpha value is -0.234. The van der Waals surface area contributed by atoms with E-state index in [0.717, 1.165) is 0 Å². The molecule has 1 N–H and O–H groups in total. The van der Waals surface area contributed by atoms with E-state index >= 15 is 0 Å². The van der Waals surface area contributed by atoms with Crippen molar-refractivity contribution in [2.45, 2.75) is 13.8 Å². The van der Waals surface area contributed by atoms with Gasteiger partial charge in [0.2, 0.25) is 0 Å². The molecule has 0 unspecified atom stereocenters. The quantitative estimate of drug-likeness (QED) is 0.622. The van der Waals surface area contributed by atoms with E-state index in [4.69, 9.17) is 0 Å². The van der Waals surface area contributed by atoms with Gasteiger partial charge in [-0.3, -0.25) is 0 Å². The Morgan fingerprint density at radius 1 is 1.56 bits per heavy atom. The van der Waals surface area contributed by atoms with Crippen molar-refractivity contribution < 1.29 is 19.3 Å². The second-order valence-corrected chi connectivity index (χ2v) is 1.96. The maximum atomic E-state index is 10.3. The topological polar surface area (TPSA) is 61.2 Å². The van der Waals surface area contributed by atoms with Crippen molar-refractivity contribution in [2.24, 2.45) is 0 Å². The van der Waals surface area contributed by atoms with E-state index in [9.17, 15) is 10.4 Å². The van der Waals surface area contributed by atoms with E-state index < -0.39 is 0 Å². The van der Waals surface area contributed by atoms with Crippen LogP contribution in [0.25, 0.3) is 0 Å². The number of nitrogens with one attached hydrogen (secondary N) is 1. The third-order valence-corrected chi connectivity index (χ3v) is 1.29. The molecule has 0 aliphatic rings. The van der Waals surface area contributed by atoms with Gasteiger partial charge in [-0.05, 0) is 0 Å². The van der Waals surface area contributed by atoms with Crippen LogP contribution in [-0.2, 0) is 15.5 Å². The average Bonchev–Trinajstić information content (AvgIpc) is 1.84. The van der Waals surface area contributed by atoms with Crippen molar-refractivity contribution in [3.05, 3.63) is 21.8 Å². The second-order valence-electron chi connectivity index (χ2n) is 1.54. The van der Waals surface area contributed by atoms with Crippen molar-refractivity contribution >= 4 is 0 Å². The van der Waals surface area contributed by atoms with Crippen LogP contribution in [0.3, 0.4) is 0 Å². The van der Waals surface area contributed by atoms with Crippen LogP contribution in [0.5, 0.6) is 0 Å². The Morgan fingerprint density at radius 3 is 2.11 bits per heavy atom. The zero-order valence-corrected chi connectivity index (χ0v) is 6.14. The monoisotopic (exact) mass is 174 g/mol. The first kappa shape index (κ1) is 8.77. The van der Waals surface area contributed by atoms with Crippen molar-refractivity contribution in [3.8, 4) is 0 Å². The molecule has 9 heavy (non-hydrogen) atoms. The van der Waals surface area contributed by atoms with E-state index in [1.807, 2.05) is 0 Å². The molecule has 0 atom stereocenters. The van der Waals surface area contributed by atoms with Crippen LogP contribution in [0.1, 0.15) is 13.8 Å². The Morgan fingerprint density at radius 2 is 2.00 bits per heavy atom. The molecule has 0 heterocycles. The molecule has 0 aromatic carbocycles. The van der Waals surface area contributed by atoms with E-state index in [1.54, 1.807) is 5.48 Å². The van der Waals surface area contributed by atoms with Crippen molar-refractivity contribution in [3.63, 3.8) is 0 Å². The molecule has 0 fully saturated rings. The number of hydrogen-bond donors (Lipinski definition) is 1. The number of nitrogens with zero attached hydrogens (tertiary/aromatic N) is 1. The molecule has 0 aliphatic carbocycles. The Bertz CT molecular complexity index is 155. The first-order valence-electron chi connectivity index (χ1n) is 2.26. The van der Waals surface area contributed by atoms with E-state index in [0.29, 0.717) is 3.74 Å². The van der Waals surface area contributed by atoms with Gasteiger partial charge in [-0.2, -0.15) is 0 Å². The number of rotatable bonds is 2. The van der Waals surface area contributed by atoms with Crippen LogP contribution in [0.15, 0.2) is 11.4 Å². The summed E-state index contributed by atoms with van der Waals surface area (Å²) in [4.78, 5) is 0. The van der Waals surface area contributed by atoms with Gasteiger partial charge in [0.15, 0.2) is 0 Å². The van der Waals surface area contributed by atoms with Gasteiger partial charge in [-0.25, -0.2) is 0 Å². The van der Waals surface area contributed by atoms with Crippen LogP contribution in [-0.4, -0.2) is 3.74 Å². The summed E-state index contributed by atoms with van der Waals surface area (Å²) in [5.74, 6) is 0. The molecule has 0 spiro atoms. The van der Waals surface area contributed by atoms with Gasteiger partial charge in [0.25, 0.3) is 0 Å². The zero-order chi connectivity index (χ0) is 7.44. The number of hydrogen-bond acceptors (Lipinski definition) is 3. The molecule has 0 aromatic heterocycles. The van der Waals surface area contributed by atoms with Crippen molar-refractivity contribution in [1.82, 2.24) is 5.48 Å². The van der Waals surface area contributed by atoms with Crippen LogP contribution < -0.4 is 5.48 Å². The fourth-order valence-electron chi connectivity index (χ4n) is 0.198. The first-order chi connectivity index (χ1) is 4.09. The molecule has 5 heteroatoms. The van der Waals surface area contributed by atoms with E-state index in [1.165, 1.54) is 13.8 Å². The molecule has 0 aromatic rings. The fourth-order valence-corrected chi connectivity index (χ4v) is 0.373. The third kappa shape index (κ3) is 2.71. The van der Waals surface area contributed by atoms with Crippen molar-refractivity contribution in [2.75, 3.05) is 0 Å². The van der Waals surface area contributed by atoms with Crippen molar-refractivity contribution in [1.29, 1.82) is 0 Å². The molecule has 0 amide bonds. The summed E-state index contributed by atoms with van der Waals surface area (Å²) in [5.41, 5.74) is 2.13. The summed E-state index contributed by atoms with van der Waals surface area (Å²) >= 11 is 3.47. The number of allylic oxidation sites excluding steroid dienone is 2. The van der Waals surface area contributed by atoms with Gasteiger partial charge in [-0.1, -0.05) is 0 Å². The molecule has 0 radical (unpaired) electrons. The van der Waals surface area contributed by atoms with Gasteiger partial charge < -0.3 is 0 Å². The zero-order valence-electron chi connectivity index (χ0n) is 5.10. The summed E-state index contributed by atoms with van der Waals surface area (Å²) < 4.78 is 0.327. The Labute approximate surface area is 61.1 Å². The third-order valence-electron chi connectivity index (χ3n) is 0.945. The summed E-state index contributed by atoms with van der Waals surface area (Å²) in [6.07, 6.45) is 0. The first-order valence-corrected chi connectivity index (χ1v) is 2.72. The Kier molecular flexibility index (Phi) is 3.63. The van der Waals surface area contributed by atoms with Gasteiger partial charge in [0.1, 0.15) is 0 Å². The standard InChI is InChI=1S/C4H7N2O2.Co/c1-3(5-7)4(2)6-8;/h5H,1-2H3;/q-1;. The average molecular weight is 174 g/mol. The summed E-state index contributed by atoms with van der Waals surface area (Å²) in [6, 6.07) is 0. The summed E-state index contributed by atoms with van der Waals surface area (Å²) in [7, 11) is 0. The molecule has 0 aliphatic heterocycles. The van der Waals surface area contributed by atoms with Gasteiger partial charge in [-0.15, -0.1) is 0 Å². The molecule has 4 nitrogen and oxygen atoms in total. The van der Waals surface area contributed by atoms with Gasteiger partial charge >= 0.3 is 60.4 Å². The van der Waals surface area contributed by atoms with E-state index in [2.05, 4.69) is 15.5 Å². The van der Waals surface area contributed by atoms with Crippen LogP contribution >= 0.6 is 0 Å². The maximum absolute atomic E-state index is 10.3. The Balaban J connectivity index is 4.28. The van der Waals surface area contributed by atoms with Gasteiger partial charge in [0, 0.05) is 0 Å². The van der Waals surface area contributed by atoms with Crippen LogP contribution in [0, 0.1) is 10.4 Å². The fraction of sp³-hybridized carbons (Fsp3) is 0.500. The molecular formula is C4H7CoN2O2-. The van der Waals surface area contributed by atoms with Crippen LogP contribution in [0.2, 0.25) is 0 Å². The predicted molar refractivity (Wildman–Crippen MR) is 28.5 cm³/mol. The predicted octanol–water partition coefficient (Wildman–Crippen LogP) is 0.566. The van der Waals surface area contributed by atoms with E-state index in [-0.39, 0.29) is 11.4 Å². The molecule has 0 bridgehead atoms. The number of hydroxylamine groups is 2. The molecule has 0 saturated heterocycles. The minimum atomic E-state index is 0.269. The second kappa shape index (κ2) is 3.73. The minimum absolute atomic E-state index is 0.269.